The van der Waals surface area contributed by atoms with Crippen LogP contribution in [0.25, 0.3) is 0 Å². The number of rotatable bonds is 6. The van der Waals surface area contributed by atoms with Crippen molar-refractivity contribution >= 4 is 11.8 Å². The summed E-state index contributed by atoms with van der Waals surface area (Å²) in [6.45, 7) is 5.70. The zero-order valence-corrected chi connectivity index (χ0v) is 10.3. The third-order valence-electron chi connectivity index (χ3n) is 2.30. The molecular formula is C12H19NOS. The Bertz CT molecular complexity index is 302. The Labute approximate surface area is 96.2 Å². The maximum atomic E-state index is 5.70. The van der Waals surface area contributed by atoms with E-state index in [1.54, 1.807) is 0 Å². The monoisotopic (exact) mass is 225 g/mol. The van der Waals surface area contributed by atoms with Gasteiger partial charge < -0.3 is 10.5 Å². The average molecular weight is 225 g/mol. The summed E-state index contributed by atoms with van der Waals surface area (Å²) in [6.07, 6.45) is 0. The number of ether oxygens (including phenoxy) is 1. The smallest absolute Gasteiger partial charge is 0.122 e. The van der Waals surface area contributed by atoms with Crippen LogP contribution in [0.1, 0.15) is 11.1 Å². The molecule has 0 spiro atoms. The van der Waals surface area contributed by atoms with E-state index in [1.807, 2.05) is 23.9 Å². The Hall–Kier alpha value is -0.670. The minimum atomic E-state index is 0.744. The van der Waals surface area contributed by atoms with E-state index in [4.69, 9.17) is 10.5 Å². The molecule has 1 rings (SSSR count). The van der Waals surface area contributed by atoms with Gasteiger partial charge in [-0.2, -0.15) is 11.8 Å². The highest BCUT2D eigenvalue weighted by Gasteiger charge is 2.00. The molecule has 1 aromatic rings. The average Bonchev–Trinajstić information content (AvgIpc) is 2.24. The molecule has 0 amide bonds. The highest BCUT2D eigenvalue weighted by atomic mass is 32.2. The number of thioether (sulfide) groups is 1. The summed E-state index contributed by atoms with van der Waals surface area (Å²) < 4.78 is 5.70. The van der Waals surface area contributed by atoms with Crippen LogP contribution < -0.4 is 10.5 Å². The summed E-state index contributed by atoms with van der Waals surface area (Å²) >= 11 is 1.83. The van der Waals surface area contributed by atoms with Crippen molar-refractivity contribution in [2.24, 2.45) is 5.73 Å². The van der Waals surface area contributed by atoms with Gasteiger partial charge in [0.1, 0.15) is 5.75 Å². The zero-order chi connectivity index (χ0) is 11.1. The molecule has 0 aromatic heterocycles. The van der Waals surface area contributed by atoms with Gasteiger partial charge in [-0.1, -0.05) is 12.1 Å². The number of aryl methyl sites for hydroxylation is 1. The summed E-state index contributed by atoms with van der Waals surface area (Å²) in [5.41, 5.74) is 7.92. The standard InChI is InChI=1S/C12H19NOS/c1-10-4-3-5-12(11(10)2)14-7-9-15-8-6-13/h3-5H,6-9,13H2,1-2H3. The molecule has 0 saturated heterocycles. The van der Waals surface area contributed by atoms with Gasteiger partial charge in [0.25, 0.3) is 0 Å². The van der Waals surface area contributed by atoms with Crippen molar-refractivity contribution in [2.75, 3.05) is 24.7 Å². The molecule has 1 aromatic carbocycles. The first-order valence-corrected chi connectivity index (χ1v) is 6.38. The lowest BCUT2D eigenvalue weighted by Gasteiger charge is -2.10. The second kappa shape index (κ2) is 6.75. The fraction of sp³-hybridized carbons (Fsp3) is 0.500. The van der Waals surface area contributed by atoms with Crippen molar-refractivity contribution in [3.8, 4) is 5.75 Å². The van der Waals surface area contributed by atoms with E-state index < -0.39 is 0 Å². The summed E-state index contributed by atoms with van der Waals surface area (Å²) in [4.78, 5) is 0. The molecule has 0 radical (unpaired) electrons. The maximum Gasteiger partial charge on any atom is 0.122 e. The first kappa shape index (κ1) is 12.4. The summed E-state index contributed by atoms with van der Waals surface area (Å²) in [5, 5.41) is 0. The Kier molecular flexibility index (Phi) is 5.58. The molecule has 0 bridgehead atoms. The van der Waals surface area contributed by atoms with E-state index in [1.165, 1.54) is 11.1 Å². The van der Waals surface area contributed by atoms with E-state index in [9.17, 15) is 0 Å². The first-order chi connectivity index (χ1) is 7.25. The van der Waals surface area contributed by atoms with Crippen molar-refractivity contribution < 1.29 is 4.74 Å². The minimum Gasteiger partial charge on any atom is -0.492 e. The Morgan fingerprint density at radius 2 is 2.07 bits per heavy atom. The van der Waals surface area contributed by atoms with Crippen LogP contribution in [-0.4, -0.2) is 24.7 Å². The van der Waals surface area contributed by atoms with E-state index in [0.717, 1.165) is 30.4 Å². The molecule has 0 aliphatic heterocycles. The van der Waals surface area contributed by atoms with Crippen molar-refractivity contribution in [1.29, 1.82) is 0 Å². The predicted octanol–water partition coefficient (Wildman–Crippen LogP) is 2.37. The molecule has 0 aliphatic carbocycles. The van der Waals surface area contributed by atoms with Crippen LogP contribution in [0.2, 0.25) is 0 Å². The summed E-state index contributed by atoms with van der Waals surface area (Å²) in [6, 6.07) is 6.16. The highest BCUT2D eigenvalue weighted by Crippen LogP contribution is 2.20. The van der Waals surface area contributed by atoms with Crippen molar-refractivity contribution in [2.45, 2.75) is 13.8 Å². The van der Waals surface area contributed by atoms with Gasteiger partial charge in [-0.3, -0.25) is 0 Å². The Morgan fingerprint density at radius 1 is 1.27 bits per heavy atom. The third-order valence-corrected chi connectivity index (χ3v) is 3.28. The molecule has 0 heterocycles. The lowest BCUT2D eigenvalue weighted by molar-refractivity contribution is 0.341. The van der Waals surface area contributed by atoms with Crippen LogP contribution in [0.3, 0.4) is 0 Å². The zero-order valence-electron chi connectivity index (χ0n) is 9.45. The lowest BCUT2D eigenvalue weighted by atomic mass is 10.1. The molecule has 0 fully saturated rings. The fourth-order valence-corrected chi connectivity index (χ4v) is 1.85. The molecule has 15 heavy (non-hydrogen) atoms. The topological polar surface area (TPSA) is 35.2 Å². The molecule has 3 heteroatoms. The second-order valence-corrected chi connectivity index (χ2v) is 4.67. The van der Waals surface area contributed by atoms with Crippen LogP contribution in [0, 0.1) is 13.8 Å². The Morgan fingerprint density at radius 3 is 2.80 bits per heavy atom. The maximum absolute atomic E-state index is 5.70. The van der Waals surface area contributed by atoms with Crippen LogP contribution in [0.15, 0.2) is 18.2 Å². The number of nitrogens with two attached hydrogens (primary N) is 1. The van der Waals surface area contributed by atoms with Crippen LogP contribution >= 0.6 is 11.8 Å². The van der Waals surface area contributed by atoms with E-state index in [2.05, 4.69) is 19.9 Å². The van der Waals surface area contributed by atoms with Crippen LogP contribution in [-0.2, 0) is 0 Å². The number of hydrogen-bond acceptors (Lipinski definition) is 3. The molecule has 2 nitrogen and oxygen atoms in total. The summed E-state index contributed by atoms with van der Waals surface area (Å²) in [7, 11) is 0. The van der Waals surface area contributed by atoms with Crippen molar-refractivity contribution in [3.63, 3.8) is 0 Å². The van der Waals surface area contributed by atoms with E-state index >= 15 is 0 Å². The predicted molar refractivity (Wildman–Crippen MR) is 67.8 cm³/mol. The Balaban J connectivity index is 2.34. The first-order valence-electron chi connectivity index (χ1n) is 5.22. The quantitative estimate of drug-likeness (QED) is 0.755. The molecule has 2 N–H and O–H groups in total. The van der Waals surface area contributed by atoms with Gasteiger partial charge in [0, 0.05) is 18.1 Å². The van der Waals surface area contributed by atoms with Crippen molar-refractivity contribution in [1.82, 2.24) is 0 Å². The number of hydrogen-bond donors (Lipinski definition) is 1. The molecule has 0 unspecified atom stereocenters. The van der Waals surface area contributed by atoms with Gasteiger partial charge in [0.2, 0.25) is 0 Å². The number of benzene rings is 1. The fourth-order valence-electron chi connectivity index (χ4n) is 1.28. The van der Waals surface area contributed by atoms with E-state index in [-0.39, 0.29) is 0 Å². The van der Waals surface area contributed by atoms with Gasteiger partial charge in [-0.15, -0.1) is 0 Å². The summed E-state index contributed by atoms with van der Waals surface area (Å²) in [5.74, 6) is 3.02. The largest absolute Gasteiger partial charge is 0.492 e. The van der Waals surface area contributed by atoms with Gasteiger partial charge in [-0.25, -0.2) is 0 Å². The third kappa shape index (κ3) is 4.14. The molecule has 0 atom stereocenters. The highest BCUT2D eigenvalue weighted by molar-refractivity contribution is 7.99. The molecule has 84 valence electrons. The van der Waals surface area contributed by atoms with Gasteiger partial charge in [0.05, 0.1) is 6.61 Å². The van der Waals surface area contributed by atoms with Crippen molar-refractivity contribution in [3.05, 3.63) is 29.3 Å². The van der Waals surface area contributed by atoms with Gasteiger partial charge in [-0.05, 0) is 31.0 Å². The SMILES string of the molecule is Cc1cccc(OCCSCCN)c1C. The van der Waals surface area contributed by atoms with Gasteiger partial charge in [0.15, 0.2) is 0 Å². The minimum absolute atomic E-state index is 0.744. The lowest BCUT2D eigenvalue weighted by Crippen LogP contribution is -2.06. The van der Waals surface area contributed by atoms with Crippen LogP contribution in [0.4, 0.5) is 0 Å². The molecule has 0 aliphatic rings. The van der Waals surface area contributed by atoms with Gasteiger partial charge >= 0.3 is 0 Å². The van der Waals surface area contributed by atoms with E-state index in [0.29, 0.717) is 0 Å². The molecular weight excluding hydrogens is 206 g/mol. The normalized spacial score (nSPS) is 10.3. The van der Waals surface area contributed by atoms with Crippen LogP contribution in [0.5, 0.6) is 5.75 Å². The molecule has 0 saturated carbocycles. The second-order valence-electron chi connectivity index (χ2n) is 3.45.